The van der Waals surface area contributed by atoms with E-state index in [9.17, 15) is 0 Å². The van der Waals surface area contributed by atoms with Crippen LogP contribution >= 0.6 is 0 Å². The van der Waals surface area contributed by atoms with Crippen molar-refractivity contribution in [2.75, 3.05) is 13.2 Å². The van der Waals surface area contributed by atoms with Crippen LogP contribution in [0.3, 0.4) is 0 Å². The number of aliphatic hydroxyl groups excluding tert-OH is 1. The van der Waals surface area contributed by atoms with Gasteiger partial charge in [-0.25, -0.2) is 0 Å². The van der Waals surface area contributed by atoms with Gasteiger partial charge in [-0.05, 0) is 24.0 Å². The lowest BCUT2D eigenvalue weighted by molar-refractivity contribution is 0.0104. The first-order valence-electron chi connectivity index (χ1n) is 8.41. The Balaban J connectivity index is 1.74. The highest BCUT2D eigenvalue weighted by Crippen LogP contribution is 2.11. The van der Waals surface area contributed by atoms with Crippen molar-refractivity contribution in [2.24, 2.45) is 0 Å². The van der Waals surface area contributed by atoms with Crippen molar-refractivity contribution in [3.05, 3.63) is 83.9 Å². The summed E-state index contributed by atoms with van der Waals surface area (Å²) in [5, 5.41) is 8.87. The van der Waals surface area contributed by atoms with Crippen molar-refractivity contribution in [1.29, 1.82) is 0 Å². The van der Waals surface area contributed by atoms with Gasteiger partial charge in [0.05, 0.1) is 25.9 Å². The van der Waals surface area contributed by atoms with Crippen molar-refractivity contribution < 1.29 is 14.6 Å². The number of hydrogen-bond donors (Lipinski definition) is 1. The first-order valence-corrected chi connectivity index (χ1v) is 8.41. The quantitative estimate of drug-likeness (QED) is 0.499. The van der Waals surface area contributed by atoms with Gasteiger partial charge in [-0.2, -0.15) is 0 Å². The predicted molar refractivity (Wildman–Crippen MR) is 96.6 cm³/mol. The molecule has 3 nitrogen and oxygen atoms in total. The predicted octanol–water partition coefficient (Wildman–Crippen LogP) is 4.12. The van der Waals surface area contributed by atoms with Crippen molar-refractivity contribution in [3.8, 4) is 0 Å². The summed E-state index contributed by atoms with van der Waals surface area (Å²) in [7, 11) is 0. The molecule has 2 aromatic rings. The van der Waals surface area contributed by atoms with E-state index in [0.717, 1.165) is 12.8 Å². The van der Waals surface area contributed by atoms with Crippen molar-refractivity contribution in [3.63, 3.8) is 0 Å². The molecule has 3 heteroatoms. The van der Waals surface area contributed by atoms with E-state index in [1.807, 2.05) is 42.5 Å². The number of aliphatic hydroxyl groups is 1. The molecule has 0 aromatic heterocycles. The molecular formula is C21H26O3. The van der Waals surface area contributed by atoms with Crippen LogP contribution in [0.2, 0.25) is 0 Å². The van der Waals surface area contributed by atoms with E-state index < -0.39 is 0 Å². The summed E-state index contributed by atoms with van der Waals surface area (Å²) < 4.78 is 11.8. The Morgan fingerprint density at radius 1 is 0.833 bits per heavy atom. The van der Waals surface area contributed by atoms with Crippen LogP contribution in [0, 0.1) is 0 Å². The van der Waals surface area contributed by atoms with E-state index in [2.05, 4.69) is 24.3 Å². The smallest absolute Gasteiger partial charge is 0.0720 e. The third-order valence-corrected chi connectivity index (χ3v) is 3.70. The number of rotatable bonds is 11. The second kappa shape index (κ2) is 11.6. The zero-order chi connectivity index (χ0) is 16.9. The first-order chi connectivity index (χ1) is 11.9. The topological polar surface area (TPSA) is 38.7 Å². The van der Waals surface area contributed by atoms with Crippen LogP contribution in [0.4, 0.5) is 0 Å². The Kier molecular flexibility index (Phi) is 8.87. The molecule has 1 unspecified atom stereocenters. The summed E-state index contributed by atoms with van der Waals surface area (Å²) in [6, 6.07) is 20.3. The van der Waals surface area contributed by atoms with Crippen molar-refractivity contribution in [1.82, 2.24) is 0 Å². The maximum Gasteiger partial charge on any atom is 0.0720 e. The molecular weight excluding hydrogens is 300 g/mol. The molecule has 0 heterocycles. The van der Waals surface area contributed by atoms with Gasteiger partial charge in [0.2, 0.25) is 0 Å². The molecule has 0 radical (unpaired) electrons. The summed E-state index contributed by atoms with van der Waals surface area (Å²) in [6.45, 7) is 1.94. The van der Waals surface area contributed by atoms with Gasteiger partial charge >= 0.3 is 0 Å². The molecule has 2 aromatic carbocycles. The van der Waals surface area contributed by atoms with Gasteiger partial charge in [-0.3, -0.25) is 0 Å². The summed E-state index contributed by atoms with van der Waals surface area (Å²) in [4.78, 5) is 0. The lowest BCUT2D eigenvalue weighted by Crippen LogP contribution is -2.15. The van der Waals surface area contributed by atoms with Gasteiger partial charge in [0.25, 0.3) is 0 Å². The standard InChI is InChI=1S/C21H26O3/c22-15-8-7-13-21(24-18-20-11-5-2-6-12-20)14-16-23-17-19-9-3-1-4-10-19/h1-12,21-22H,13-18H2/b8-7+. The molecule has 0 saturated heterocycles. The van der Waals surface area contributed by atoms with Crippen LogP contribution < -0.4 is 0 Å². The SMILES string of the molecule is OC/C=C/CC(CCOCc1ccccc1)OCc1ccccc1. The lowest BCUT2D eigenvalue weighted by atomic mass is 10.1. The minimum absolute atomic E-state index is 0.0654. The molecule has 0 aliphatic heterocycles. The Labute approximate surface area is 144 Å². The molecule has 0 bridgehead atoms. The Morgan fingerprint density at radius 3 is 2.08 bits per heavy atom. The fraction of sp³-hybridized carbons (Fsp3) is 0.333. The van der Waals surface area contributed by atoms with E-state index in [4.69, 9.17) is 14.6 Å². The van der Waals surface area contributed by atoms with Crippen LogP contribution in [-0.2, 0) is 22.7 Å². The number of benzene rings is 2. The number of ether oxygens (including phenoxy) is 2. The maximum absolute atomic E-state index is 8.87. The molecule has 1 atom stereocenters. The minimum atomic E-state index is 0.0654. The van der Waals surface area contributed by atoms with Crippen LogP contribution in [-0.4, -0.2) is 24.4 Å². The molecule has 0 spiro atoms. The van der Waals surface area contributed by atoms with Crippen molar-refractivity contribution >= 4 is 0 Å². The van der Waals surface area contributed by atoms with E-state index in [-0.39, 0.29) is 12.7 Å². The first kappa shape index (κ1) is 18.4. The minimum Gasteiger partial charge on any atom is -0.392 e. The van der Waals surface area contributed by atoms with Gasteiger partial charge < -0.3 is 14.6 Å². The third-order valence-electron chi connectivity index (χ3n) is 3.70. The van der Waals surface area contributed by atoms with Gasteiger partial charge in [0, 0.05) is 6.61 Å². The zero-order valence-corrected chi connectivity index (χ0v) is 14.0. The molecule has 2 rings (SSSR count). The van der Waals surface area contributed by atoms with Crippen LogP contribution in [0.1, 0.15) is 24.0 Å². The number of hydrogen-bond acceptors (Lipinski definition) is 3. The largest absolute Gasteiger partial charge is 0.392 e. The summed E-state index contributed by atoms with van der Waals surface area (Å²) in [5.74, 6) is 0. The second-order valence-corrected chi connectivity index (χ2v) is 5.64. The van der Waals surface area contributed by atoms with Gasteiger partial charge in [0.15, 0.2) is 0 Å². The van der Waals surface area contributed by atoms with Crippen LogP contribution in [0.25, 0.3) is 0 Å². The molecule has 24 heavy (non-hydrogen) atoms. The van der Waals surface area contributed by atoms with Crippen LogP contribution in [0.15, 0.2) is 72.8 Å². The highest BCUT2D eigenvalue weighted by atomic mass is 16.5. The molecule has 0 fully saturated rings. The highest BCUT2D eigenvalue weighted by Gasteiger charge is 2.08. The molecule has 128 valence electrons. The molecule has 0 aliphatic carbocycles. The van der Waals surface area contributed by atoms with Crippen molar-refractivity contribution in [2.45, 2.75) is 32.2 Å². The normalized spacial score (nSPS) is 12.5. The summed E-state index contributed by atoms with van der Waals surface area (Å²) in [6.07, 6.45) is 5.41. The van der Waals surface area contributed by atoms with E-state index in [0.29, 0.717) is 19.8 Å². The second-order valence-electron chi connectivity index (χ2n) is 5.64. The molecule has 0 saturated carbocycles. The van der Waals surface area contributed by atoms with E-state index in [1.54, 1.807) is 6.08 Å². The average molecular weight is 326 g/mol. The lowest BCUT2D eigenvalue weighted by Gasteiger charge is -2.17. The zero-order valence-electron chi connectivity index (χ0n) is 14.0. The van der Waals surface area contributed by atoms with Crippen LogP contribution in [0.5, 0.6) is 0 Å². The summed E-state index contributed by atoms with van der Waals surface area (Å²) in [5.41, 5.74) is 2.35. The Bertz CT molecular complexity index is 566. The Hall–Kier alpha value is -1.94. The maximum atomic E-state index is 8.87. The molecule has 0 aliphatic rings. The Morgan fingerprint density at radius 2 is 1.46 bits per heavy atom. The van der Waals surface area contributed by atoms with E-state index >= 15 is 0 Å². The van der Waals surface area contributed by atoms with E-state index in [1.165, 1.54) is 11.1 Å². The van der Waals surface area contributed by atoms with Gasteiger partial charge in [0.1, 0.15) is 0 Å². The monoisotopic (exact) mass is 326 g/mol. The van der Waals surface area contributed by atoms with Gasteiger partial charge in [-0.1, -0.05) is 72.8 Å². The fourth-order valence-corrected chi connectivity index (χ4v) is 2.36. The molecule has 1 N–H and O–H groups in total. The highest BCUT2D eigenvalue weighted by molar-refractivity contribution is 5.14. The molecule has 0 amide bonds. The fourth-order valence-electron chi connectivity index (χ4n) is 2.36. The third kappa shape index (κ3) is 7.55. The summed E-state index contributed by atoms with van der Waals surface area (Å²) >= 11 is 0. The van der Waals surface area contributed by atoms with Gasteiger partial charge in [-0.15, -0.1) is 0 Å². The average Bonchev–Trinajstić information content (AvgIpc) is 2.64.